The fraction of sp³-hybridized carbons (Fsp3) is 0.417. The van der Waals surface area contributed by atoms with E-state index in [4.69, 9.17) is 10.5 Å². The Balaban J connectivity index is 2.47. The van der Waals surface area contributed by atoms with Crippen LogP contribution < -0.4 is 15.8 Å². The number of ether oxygens (including phenoxy) is 1. The minimum atomic E-state index is -0.429. The average molecular weight is 240 g/mol. The number of rotatable bonds is 6. The molecule has 0 bridgehead atoms. The molecule has 1 amide bonds. The molecule has 1 aromatic rings. The Morgan fingerprint density at radius 1 is 1.53 bits per heavy atom. The van der Waals surface area contributed by atoms with E-state index in [2.05, 4.69) is 5.32 Å². The molecule has 0 saturated carbocycles. The minimum absolute atomic E-state index is 0.0772. The molecule has 0 aliphatic heterocycles. The highest BCUT2D eigenvalue weighted by atomic mass is 19.1. The first-order valence-corrected chi connectivity index (χ1v) is 5.46. The molecule has 5 heteroatoms. The minimum Gasteiger partial charge on any atom is -0.494 e. The molecular formula is C12H17FN2O2. The summed E-state index contributed by atoms with van der Waals surface area (Å²) in [4.78, 5) is 11.3. The number of carbonyl (C=O) groups is 1. The fourth-order valence-electron chi connectivity index (χ4n) is 1.37. The van der Waals surface area contributed by atoms with Gasteiger partial charge >= 0.3 is 0 Å². The zero-order valence-electron chi connectivity index (χ0n) is 9.83. The highest BCUT2D eigenvalue weighted by Gasteiger charge is 2.05. The summed E-state index contributed by atoms with van der Waals surface area (Å²) in [7, 11) is 1.41. The summed E-state index contributed by atoms with van der Waals surface area (Å²) in [6.07, 6.45) is 1.05. The van der Waals surface area contributed by atoms with Gasteiger partial charge in [0.05, 0.1) is 7.11 Å². The lowest BCUT2D eigenvalue weighted by Crippen LogP contribution is -2.23. The Morgan fingerprint density at radius 2 is 2.29 bits per heavy atom. The molecule has 0 heterocycles. The van der Waals surface area contributed by atoms with Gasteiger partial charge in [-0.05, 0) is 30.7 Å². The third kappa shape index (κ3) is 4.40. The molecule has 1 aromatic carbocycles. The van der Waals surface area contributed by atoms with Crippen molar-refractivity contribution < 1.29 is 13.9 Å². The molecule has 0 aliphatic carbocycles. The first-order chi connectivity index (χ1) is 8.17. The number of hydrogen-bond acceptors (Lipinski definition) is 3. The Bertz CT molecular complexity index is 383. The summed E-state index contributed by atoms with van der Waals surface area (Å²) in [5, 5.41) is 2.70. The fourth-order valence-corrected chi connectivity index (χ4v) is 1.37. The van der Waals surface area contributed by atoms with Crippen LogP contribution in [0, 0.1) is 5.82 Å². The van der Waals surface area contributed by atoms with Crippen LogP contribution >= 0.6 is 0 Å². The van der Waals surface area contributed by atoms with Gasteiger partial charge in [0.15, 0.2) is 11.6 Å². The lowest BCUT2D eigenvalue weighted by molar-refractivity contribution is -0.121. The molecule has 0 saturated heterocycles. The van der Waals surface area contributed by atoms with E-state index < -0.39 is 5.82 Å². The van der Waals surface area contributed by atoms with Crippen molar-refractivity contribution in [2.24, 2.45) is 5.73 Å². The maximum absolute atomic E-state index is 13.3. The number of benzene rings is 1. The molecule has 0 atom stereocenters. The Kier molecular flexibility index (Phi) is 5.42. The van der Waals surface area contributed by atoms with Crippen molar-refractivity contribution in [3.63, 3.8) is 0 Å². The van der Waals surface area contributed by atoms with Crippen LogP contribution in [0.25, 0.3) is 0 Å². The molecule has 0 radical (unpaired) electrons. The van der Waals surface area contributed by atoms with Gasteiger partial charge < -0.3 is 15.8 Å². The molecule has 0 spiro atoms. The maximum Gasteiger partial charge on any atom is 0.220 e. The summed E-state index contributed by atoms with van der Waals surface area (Å²) in [6, 6.07) is 4.60. The van der Waals surface area contributed by atoms with E-state index in [9.17, 15) is 9.18 Å². The monoisotopic (exact) mass is 240 g/mol. The van der Waals surface area contributed by atoms with Crippen LogP contribution in [0.4, 0.5) is 4.39 Å². The van der Waals surface area contributed by atoms with Crippen molar-refractivity contribution in [1.82, 2.24) is 5.32 Å². The van der Waals surface area contributed by atoms with Crippen molar-refractivity contribution >= 4 is 5.91 Å². The number of halogens is 1. The van der Waals surface area contributed by atoms with Crippen LogP contribution in [0.3, 0.4) is 0 Å². The van der Waals surface area contributed by atoms with Gasteiger partial charge in [0.1, 0.15) is 0 Å². The number of methoxy groups -OCH3 is 1. The van der Waals surface area contributed by atoms with E-state index in [1.807, 2.05) is 0 Å². The number of hydrogen-bond donors (Lipinski definition) is 2. The van der Waals surface area contributed by atoms with Crippen LogP contribution in [-0.4, -0.2) is 19.6 Å². The van der Waals surface area contributed by atoms with Gasteiger partial charge in [0.25, 0.3) is 0 Å². The second-order valence-electron chi connectivity index (χ2n) is 3.64. The second kappa shape index (κ2) is 6.85. The number of nitrogens with one attached hydrogen (secondary N) is 1. The smallest absolute Gasteiger partial charge is 0.220 e. The molecule has 0 aromatic heterocycles. The summed E-state index contributed by atoms with van der Waals surface area (Å²) in [5.74, 6) is -0.309. The molecule has 0 aliphatic rings. The lowest BCUT2D eigenvalue weighted by atomic mass is 10.2. The van der Waals surface area contributed by atoms with Gasteiger partial charge in [-0.15, -0.1) is 0 Å². The van der Waals surface area contributed by atoms with Crippen LogP contribution in [0.2, 0.25) is 0 Å². The molecule has 3 N–H and O–H groups in total. The van der Waals surface area contributed by atoms with Crippen LogP contribution in [0.15, 0.2) is 18.2 Å². The summed E-state index contributed by atoms with van der Waals surface area (Å²) < 4.78 is 18.1. The first kappa shape index (κ1) is 13.4. The third-order valence-corrected chi connectivity index (χ3v) is 2.31. The lowest BCUT2D eigenvalue weighted by Gasteiger charge is -2.07. The quantitative estimate of drug-likeness (QED) is 0.785. The van der Waals surface area contributed by atoms with Gasteiger partial charge in [-0.2, -0.15) is 0 Å². The largest absolute Gasteiger partial charge is 0.494 e. The molecule has 17 heavy (non-hydrogen) atoms. The van der Waals surface area contributed by atoms with E-state index in [0.29, 0.717) is 31.5 Å². The summed E-state index contributed by atoms with van der Waals surface area (Å²) in [6.45, 7) is 0.800. The molecular weight excluding hydrogens is 223 g/mol. The van der Waals surface area contributed by atoms with E-state index in [0.717, 1.165) is 0 Å². The second-order valence-corrected chi connectivity index (χ2v) is 3.64. The average Bonchev–Trinajstić information content (AvgIpc) is 2.34. The Hall–Kier alpha value is -1.62. The van der Waals surface area contributed by atoms with Crippen LogP contribution in [-0.2, 0) is 11.3 Å². The van der Waals surface area contributed by atoms with E-state index in [-0.39, 0.29) is 11.7 Å². The Labute approximate surface area is 100.0 Å². The SMILES string of the molecule is COc1ccc(CNC(=O)CCCN)cc1F. The van der Waals surface area contributed by atoms with Crippen molar-refractivity contribution in [3.05, 3.63) is 29.6 Å². The zero-order chi connectivity index (χ0) is 12.7. The Morgan fingerprint density at radius 3 is 2.88 bits per heavy atom. The van der Waals surface area contributed by atoms with Crippen molar-refractivity contribution in [2.45, 2.75) is 19.4 Å². The van der Waals surface area contributed by atoms with Crippen molar-refractivity contribution in [3.8, 4) is 5.75 Å². The van der Waals surface area contributed by atoms with Gasteiger partial charge in [-0.25, -0.2) is 4.39 Å². The zero-order valence-corrected chi connectivity index (χ0v) is 9.83. The predicted molar refractivity (Wildman–Crippen MR) is 63.1 cm³/mol. The number of carbonyl (C=O) groups excluding carboxylic acids is 1. The number of nitrogens with two attached hydrogens (primary N) is 1. The third-order valence-electron chi connectivity index (χ3n) is 2.31. The van der Waals surface area contributed by atoms with E-state index in [1.165, 1.54) is 19.2 Å². The van der Waals surface area contributed by atoms with E-state index >= 15 is 0 Å². The summed E-state index contributed by atoms with van der Waals surface area (Å²) >= 11 is 0. The standard InChI is InChI=1S/C12H17FN2O2/c1-17-11-5-4-9(7-10(11)13)8-15-12(16)3-2-6-14/h4-5,7H,2-3,6,8,14H2,1H3,(H,15,16). The summed E-state index contributed by atoms with van der Waals surface area (Å²) in [5.41, 5.74) is 5.99. The maximum atomic E-state index is 13.3. The highest BCUT2D eigenvalue weighted by molar-refractivity contribution is 5.75. The van der Waals surface area contributed by atoms with Gasteiger partial charge in [-0.1, -0.05) is 6.07 Å². The topological polar surface area (TPSA) is 64.3 Å². The molecule has 0 unspecified atom stereocenters. The molecule has 0 fully saturated rings. The van der Waals surface area contributed by atoms with Gasteiger partial charge in [0, 0.05) is 13.0 Å². The number of amides is 1. The van der Waals surface area contributed by atoms with Gasteiger partial charge in [-0.3, -0.25) is 4.79 Å². The predicted octanol–water partition coefficient (Wildman–Crippen LogP) is 1.19. The normalized spacial score (nSPS) is 10.1. The van der Waals surface area contributed by atoms with E-state index in [1.54, 1.807) is 6.07 Å². The molecule has 1 rings (SSSR count). The molecule has 94 valence electrons. The van der Waals surface area contributed by atoms with Crippen molar-refractivity contribution in [1.29, 1.82) is 0 Å². The highest BCUT2D eigenvalue weighted by Crippen LogP contribution is 2.17. The van der Waals surface area contributed by atoms with Gasteiger partial charge in [0.2, 0.25) is 5.91 Å². The van der Waals surface area contributed by atoms with Crippen LogP contribution in [0.1, 0.15) is 18.4 Å². The molecule has 4 nitrogen and oxygen atoms in total. The first-order valence-electron chi connectivity index (χ1n) is 5.46. The van der Waals surface area contributed by atoms with Crippen molar-refractivity contribution in [2.75, 3.05) is 13.7 Å². The van der Waals surface area contributed by atoms with Crippen LogP contribution in [0.5, 0.6) is 5.75 Å².